The molecule has 1 atom stereocenters. The van der Waals surface area contributed by atoms with Crippen molar-refractivity contribution in [3.63, 3.8) is 0 Å². The van der Waals surface area contributed by atoms with E-state index in [1.54, 1.807) is 31.2 Å². The van der Waals surface area contributed by atoms with E-state index in [2.05, 4.69) is 5.32 Å². The fraction of sp³-hybridized carbons (Fsp3) is 0.600. The highest BCUT2D eigenvalue weighted by Crippen LogP contribution is 2.24. The van der Waals surface area contributed by atoms with Gasteiger partial charge in [0.25, 0.3) is 5.91 Å². The number of nitrogens with one attached hydrogen (secondary N) is 1. The van der Waals surface area contributed by atoms with E-state index in [1.165, 1.54) is 4.31 Å². The van der Waals surface area contributed by atoms with Crippen molar-refractivity contribution < 1.29 is 18.0 Å². The van der Waals surface area contributed by atoms with Gasteiger partial charge in [-0.15, -0.1) is 0 Å². The lowest BCUT2D eigenvalue weighted by molar-refractivity contribution is -0.120. The predicted octanol–water partition coefficient (Wildman–Crippen LogP) is 2.31. The number of amides is 2. The SMILES string of the molecule is CCS(=O)(=O)N1CCCC(C(=O)Nc2ccccc2C(=O)N2CCCCC2)C1. The molecule has 0 saturated carbocycles. The number of nitrogens with zero attached hydrogens (tertiary/aromatic N) is 2. The van der Waals surface area contributed by atoms with Crippen LogP contribution < -0.4 is 5.32 Å². The highest BCUT2D eigenvalue weighted by molar-refractivity contribution is 7.89. The molecule has 1 unspecified atom stereocenters. The van der Waals surface area contributed by atoms with E-state index in [-0.39, 0.29) is 24.1 Å². The van der Waals surface area contributed by atoms with Gasteiger partial charge in [0, 0.05) is 26.2 Å². The second-order valence-electron chi connectivity index (χ2n) is 7.49. The van der Waals surface area contributed by atoms with E-state index >= 15 is 0 Å². The van der Waals surface area contributed by atoms with E-state index in [9.17, 15) is 18.0 Å². The molecule has 1 aromatic carbocycles. The Morgan fingerprint density at radius 3 is 2.50 bits per heavy atom. The maximum absolute atomic E-state index is 12.9. The number of rotatable bonds is 5. The molecule has 8 heteroatoms. The van der Waals surface area contributed by atoms with Crippen molar-refractivity contribution in [1.82, 2.24) is 9.21 Å². The lowest BCUT2D eigenvalue weighted by Gasteiger charge is -2.31. The standard InChI is InChI=1S/C20H29N3O4S/c1-2-28(26,27)23-14-8-9-16(15-23)19(24)21-18-11-5-4-10-17(18)20(25)22-12-6-3-7-13-22/h4-5,10-11,16H,2-3,6-9,12-15H2,1H3,(H,21,24). The molecule has 0 bridgehead atoms. The summed E-state index contributed by atoms with van der Waals surface area (Å²) in [5, 5.41) is 2.88. The van der Waals surface area contributed by atoms with E-state index in [4.69, 9.17) is 0 Å². The van der Waals surface area contributed by atoms with Crippen molar-refractivity contribution in [2.75, 3.05) is 37.2 Å². The molecule has 28 heavy (non-hydrogen) atoms. The van der Waals surface area contributed by atoms with E-state index in [0.29, 0.717) is 30.6 Å². The van der Waals surface area contributed by atoms with Crippen molar-refractivity contribution in [2.45, 2.75) is 39.0 Å². The van der Waals surface area contributed by atoms with Gasteiger partial charge in [-0.2, -0.15) is 0 Å². The summed E-state index contributed by atoms with van der Waals surface area (Å²) < 4.78 is 25.7. The fourth-order valence-corrected chi connectivity index (χ4v) is 5.05. The Bertz CT molecular complexity index is 818. The van der Waals surface area contributed by atoms with Crippen LogP contribution in [-0.2, 0) is 14.8 Å². The number of carbonyl (C=O) groups excluding carboxylic acids is 2. The van der Waals surface area contributed by atoms with Crippen LogP contribution in [0.2, 0.25) is 0 Å². The number of piperidine rings is 2. The van der Waals surface area contributed by atoms with Crippen LogP contribution in [0, 0.1) is 5.92 Å². The zero-order chi connectivity index (χ0) is 20.1. The number of likely N-dealkylation sites (tertiary alicyclic amines) is 1. The molecule has 0 aliphatic carbocycles. The van der Waals surface area contributed by atoms with Gasteiger partial charge in [-0.05, 0) is 51.2 Å². The minimum atomic E-state index is -3.30. The smallest absolute Gasteiger partial charge is 0.255 e. The first-order valence-electron chi connectivity index (χ1n) is 10.1. The van der Waals surface area contributed by atoms with Crippen molar-refractivity contribution in [1.29, 1.82) is 0 Å². The van der Waals surface area contributed by atoms with E-state index < -0.39 is 15.9 Å². The van der Waals surface area contributed by atoms with Gasteiger partial charge in [-0.1, -0.05) is 12.1 Å². The second kappa shape index (κ2) is 9.05. The number of anilines is 1. The Morgan fingerprint density at radius 2 is 1.79 bits per heavy atom. The summed E-state index contributed by atoms with van der Waals surface area (Å²) in [5.74, 6) is -0.660. The normalized spacial score (nSPS) is 21.3. The van der Waals surface area contributed by atoms with Crippen LogP contribution in [0.4, 0.5) is 5.69 Å². The Kier molecular flexibility index (Phi) is 6.72. The summed E-state index contributed by atoms with van der Waals surface area (Å²) in [6, 6.07) is 7.06. The number of carbonyl (C=O) groups is 2. The van der Waals surface area contributed by atoms with Gasteiger partial charge in [0.05, 0.1) is 22.9 Å². The summed E-state index contributed by atoms with van der Waals surface area (Å²) in [5.41, 5.74) is 0.991. The highest BCUT2D eigenvalue weighted by Gasteiger charge is 2.32. The molecule has 1 aromatic rings. The van der Waals surface area contributed by atoms with Crippen LogP contribution in [0.5, 0.6) is 0 Å². The van der Waals surface area contributed by atoms with Gasteiger partial charge >= 0.3 is 0 Å². The zero-order valence-corrected chi connectivity index (χ0v) is 17.2. The topological polar surface area (TPSA) is 86.8 Å². The first kappa shape index (κ1) is 20.8. The zero-order valence-electron chi connectivity index (χ0n) is 16.4. The summed E-state index contributed by atoms with van der Waals surface area (Å²) >= 11 is 0. The van der Waals surface area contributed by atoms with Crippen molar-refractivity contribution in [3.8, 4) is 0 Å². The maximum Gasteiger partial charge on any atom is 0.255 e. The first-order valence-corrected chi connectivity index (χ1v) is 11.7. The molecule has 3 rings (SSSR count). The molecule has 0 spiro atoms. The van der Waals surface area contributed by atoms with E-state index in [0.717, 1.165) is 32.4 Å². The van der Waals surface area contributed by atoms with Crippen LogP contribution >= 0.6 is 0 Å². The number of sulfonamides is 1. The minimum Gasteiger partial charge on any atom is -0.339 e. The maximum atomic E-state index is 12.9. The predicted molar refractivity (Wildman–Crippen MR) is 109 cm³/mol. The third-order valence-corrected chi connectivity index (χ3v) is 7.42. The van der Waals surface area contributed by atoms with Crippen LogP contribution in [0.1, 0.15) is 49.4 Å². The van der Waals surface area contributed by atoms with E-state index in [1.807, 2.05) is 4.90 Å². The average molecular weight is 408 g/mol. The molecule has 2 amide bonds. The van der Waals surface area contributed by atoms with Gasteiger partial charge in [-0.25, -0.2) is 12.7 Å². The lowest BCUT2D eigenvalue weighted by atomic mass is 9.98. The van der Waals surface area contributed by atoms with Crippen LogP contribution in [0.25, 0.3) is 0 Å². The molecular formula is C20H29N3O4S. The van der Waals surface area contributed by atoms with Crippen LogP contribution in [0.15, 0.2) is 24.3 Å². The molecule has 2 saturated heterocycles. The monoisotopic (exact) mass is 407 g/mol. The molecule has 2 aliphatic rings. The van der Waals surface area contributed by atoms with Crippen molar-refractivity contribution in [2.24, 2.45) is 5.92 Å². The summed E-state index contributed by atoms with van der Waals surface area (Å²) in [6.07, 6.45) is 4.45. The first-order chi connectivity index (χ1) is 13.4. The van der Waals surface area contributed by atoms with Gasteiger partial charge in [-0.3, -0.25) is 9.59 Å². The summed E-state index contributed by atoms with van der Waals surface area (Å²) in [6.45, 7) is 3.76. The van der Waals surface area contributed by atoms with Gasteiger partial charge in [0.1, 0.15) is 0 Å². The van der Waals surface area contributed by atoms with Gasteiger partial charge < -0.3 is 10.2 Å². The van der Waals surface area contributed by atoms with Gasteiger partial charge in [0.15, 0.2) is 0 Å². The Morgan fingerprint density at radius 1 is 1.07 bits per heavy atom. The molecule has 2 heterocycles. The molecule has 0 aromatic heterocycles. The van der Waals surface area contributed by atoms with Crippen LogP contribution in [-0.4, -0.2) is 61.4 Å². The van der Waals surface area contributed by atoms with Crippen molar-refractivity contribution >= 4 is 27.5 Å². The summed E-state index contributed by atoms with van der Waals surface area (Å²) in [7, 11) is -3.30. The Labute approximate surface area is 167 Å². The highest BCUT2D eigenvalue weighted by atomic mass is 32.2. The Balaban J connectivity index is 1.71. The van der Waals surface area contributed by atoms with Crippen LogP contribution in [0.3, 0.4) is 0 Å². The van der Waals surface area contributed by atoms with Gasteiger partial charge in [0.2, 0.25) is 15.9 Å². The number of para-hydroxylation sites is 1. The second-order valence-corrected chi connectivity index (χ2v) is 9.74. The fourth-order valence-electron chi connectivity index (χ4n) is 3.87. The molecule has 2 aliphatic heterocycles. The molecule has 2 fully saturated rings. The molecule has 7 nitrogen and oxygen atoms in total. The number of hydrogen-bond acceptors (Lipinski definition) is 4. The third kappa shape index (κ3) is 4.72. The average Bonchev–Trinajstić information content (AvgIpc) is 2.74. The Hall–Kier alpha value is -1.93. The molecule has 0 radical (unpaired) electrons. The minimum absolute atomic E-state index is 0.0362. The number of hydrogen-bond donors (Lipinski definition) is 1. The lowest BCUT2D eigenvalue weighted by Crippen LogP contribution is -2.44. The quantitative estimate of drug-likeness (QED) is 0.811. The third-order valence-electron chi connectivity index (χ3n) is 5.57. The number of benzene rings is 1. The largest absolute Gasteiger partial charge is 0.339 e. The molecule has 1 N–H and O–H groups in total. The molecular weight excluding hydrogens is 378 g/mol. The summed E-state index contributed by atoms with van der Waals surface area (Å²) in [4.78, 5) is 27.5. The molecule has 154 valence electrons. The van der Waals surface area contributed by atoms with Crippen molar-refractivity contribution in [3.05, 3.63) is 29.8 Å².